The summed E-state index contributed by atoms with van der Waals surface area (Å²) < 4.78 is 0. The van der Waals surface area contributed by atoms with E-state index < -0.39 is 10.8 Å². The molecule has 1 saturated heterocycles. The third kappa shape index (κ3) is 3.03. The van der Waals surface area contributed by atoms with Gasteiger partial charge in [0, 0.05) is 49.8 Å². The zero-order chi connectivity index (χ0) is 15.6. The van der Waals surface area contributed by atoms with E-state index in [2.05, 4.69) is 23.9 Å². The Balaban J connectivity index is 2.39. The number of likely N-dealkylation sites (N-methyl/N-ethyl adjacent to an activating group) is 2. The molecule has 1 aliphatic rings. The fourth-order valence-electron chi connectivity index (χ4n) is 2.88. The summed E-state index contributed by atoms with van der Waals surface area (Å²) in [5.74, 6) is -0.495. The molecule has 0 unspecified atom stereocenters. The van der Waals surface area contributed by atoms with Crippen molar-refractivity contribution >= 4 is 11.6 Å². The monoisotopic (exact) mass is 292 g/mol. The Morgan fingerprint density at radius 2 is 1.90 bits per heavy atom. The standard InChI is InChI=1S/C14H20N4O3/c1-3-16-8-10(9-17(16)4-2)13-7-11(18(20)21)5-6-12(13)14(15)19/h5-7,10H,3-4,8-9H2,1-2H3,(H2,15,19). The first-order valence-electron chi connectivity index (χ1n) is 7.05. The second-order valence-corrected chi connectivity index (χ2v) is 5.10. The quantitative estimate of drug-likeness (QED) is 0.653. The Kier molecular flexibility index (Phi) is 4.54. The van der Waals surface area contributed by atoms with Crippen molar-refractivity contribution in [3.8, 4) is 0 Å². The molecule has 1 fully saturated rings. The van der Waals surface area contributed by atoms with E-state index in [9.17, 15) is 14.9 Å². The van der Waals surface area contributed by atoms with Gasteiger partial charge in [-0.25, -0.2) is 10.0 Å². The number of carbonyl (C=O) groups excluding carboxylic acids is 1. The first kappa shape index (κ1) is 15.4. The summed E-state index contributed by atoms with van der Waals surface area (Å²) in [6, 6.07) is 4.27. The fourth-order valence-corrected chi connectivity index (χ4v) is 2.88. The van der Waals surface area contributed by atoms with Crippen molar-refractivity contribution in [1.82, 2.24) is 10.0 Å². The van der Waals surface area contributed by atoms with Crippen molar-refractivity contribution in [2.75, 3.05) is 26.2 Å². The third-order valence-electron chi connectivity index (χ3n) is 3.94. The maximum absolute atomic E-state index is 11.6. The number of nitro benzene ring substituents is 1. The molecule has 0 spiro atoms. The number of carbonyl (C=O) groups is 1. The molecule has 0 saturated carbocycles. The van der Waals surface area contributed by atoms with Crippen LogP contribution in [0.15, 0.2) is 18.2 Å². The lowest BCUT2D eigenvalue weighted by molar-refractivity contribution is -0.384. The van der Waals surface area contributed by atoms with Crippen LogP contribution in [-0.2, 0) is 0 Å². The van der Waals surface area contributed by atoms with Crippen molar-refractivity contribution in [3.63, 3.8) is 0 Å². The Morgan fingerprint density at radius 3 is 2.33 bits per heavy atom. The zero-order valence-corrected chi connectivity index (χ0v) is 12.3. The van der Waals surface area contributed by atoms with Crippen LogP contribution in [0, 0.1) is 10.1 Å². The van der Waals surface area contributed by atoms with Crippen LogP contribution >= 0.6 is 0 Å². The number of primary amides is 1. The lowest BCUT2D eigenvalue weighted by atomic mass is 9.93. The molecule has 1 amide bonds. The van der Waals surface area contributed by atoms with E-state index in [0.717, 1.165) is 26.2 Å². The molecular weight excluding hydrogens is 272 g/mol. The number of rotatable bonds is 5. The van der Waals surface area contributed by atoms with Gasteiger partial charge in [-0.1, -0.05) is 13.8 Å². The maximum Gasteiger partial charge on any atom is 0.269 e. The molecule has 1 aliphatic heterocycles. The Morgan fingerprint density at radius 1 is 1.33 bits per heavy atom. The SMILES string of the molecule is CCN1CC(c2cc([N+](=O)[O-])ccc2C(N)=O)CN1CC. The summed E-state index contributed by atoms with van der Waals surface area (Å²) in [5.41, 5.74) is 6.45. The first-order valence-corrected chi connectivity index (χ1v) is 7.05. The van der Waals surface area contributed by atoms with E-state index in [4.69, 9.17) is 5.73 Å². The maximum atomic E-state index is 11.6. The summed E-state index contributed by atoms with van der Waals surface area (Å²) in [5, 5.41) is 15.3. The molecule has 1 aromatic carbocycles. The molecule has 0 radical (unpaired) electrons. The summed E-state index contributed by atoms with van der Waals surface area (Å²) in [4.78, 5) is 22.1. The Bertz CT molecular complexity index is 549. The average Bonchev–Trinajstić information content (AvgIpc) is 2.89. The number of hydrogen-bond acceptors (Lipinski definition) is 5. The highest BCUT2D eigenvalue weighted by Gasteiger charge is 2.32. The second kappa shape index (κ2) is 6.19. The van der Waals surface area contributed by atoms with Gasteiger partial charge in [-0.15, -0.1) is 0 Å². The summed E-state index contributed by atoms with van der Waals surface area (Å²) in [7, 11) is 0. The summed E-state index contributed by atoms with van der Waals surface area (Å²) >= 11 is 0. The smallest absolute Gasteiger partial charge is 0.269 e. The van der Waals surface area contributed by atoms with Gasteiger partial charge in [0.1, 0.15) is 0 Å². The topological polar surface area (TPSA) is 92.7 Å². The highest BCUT2D eigenvalue weighted by atomic mass is 16.6. The molecule has 1 aromatic rings. The van der Waals surface area contributed by atoms with Gasteiger partial charge < -0.3 is 5.73 Å². The van der Waals surface area contributed by atoms with Gasteiger partial charge >= 0.3 is 0 Å². The Labute approximate surface area is 123 Å². The van der Waals surface area contributed by atoms with Crippen LogP contribution in [0.1, 0.15) is 35.7 Å². The molecule has 7 nitrogen and oxygen atoms in total. The largest absolute Gasteiger partial charge is 0.366 e. The number of hydrogen-bond donors (Lipinski definition) is 1. The van der Waals surface area contributed by atoms with Gasteiger partial charge in [0.05, 0.1) is 4.92 Å². The van der Waals surface area contributed by atoms with Gasteiger partial charge in [-0.3, -0.25) is 14.9 Å². The molecule has 2 rings (SSSR count). The number of benzene rings is 1. The van der Waals surface area contributed by atoms with Crippen LogP contribution in [0.3, 0.4) is 0 Å². The molecule has 0 atom stereocenters. The minimum atomic E-state index is -0.544. The highest BCUT2D eigenvalue weighted by Crippen LogP contribution is 2.30. The number of nitrogens with two attached hydrogens (primary N) is 1. The van der Waals surface area contributed by atoms with Crippen molar-refractivity contribution < 1.29 is 9.72 Å². The lowest BCUT2D eigenvalue weighted by Gasteiger charge is -2.24. The van der Waals surface area contributed by atoms with Gasteiger partial charge in [-0.05, 0) is 11.6 Å². The molecule has 1 heterocycles. The predicted octanol–water partition coefficient (Wildman–Crippen LogP) is 1.35. The van der Waals surface area contributed by atoms with Gasteiger partial charge in [0.15, 0.2) is 0 Å². The molecular formula is C14H20N4O3. The van der Waals surface area contributed by atoms with Crippen molar-refractivity contribution in [3.05, 3.63) is 39.4 Å². The molecule has 21 heavy (non-hydrogen) atoms. The normalized spacial score (nSPS) is 17.2. The molecule has 114 valence electrons. The van der Waals surface area contributed by atoms with Crippen LogP contribution in [0.25, 0.3) is 0 Å². The Hall–Kier alpha value is -1.99. The average molecular weight is 292 g/mol. The van der Waals surface area contributed by atoms with Crippen LogP contribution in [-0.4, -0.2) is 47.0 Å². The highest BCUT2D eigenvalue weighted by molar-refractivity contribution is 5.94. The van der Waals surface area contributed by atoms with Gasteiger partial charge in [0.25, 0.3) is 5.69 Å². The molecule has 0 aliphatic carbocycles. The fraction of sp³-hybridized carbons (Fsp3) is 0.500. The van der Waals surface area contributed by atoms with Crippen LogP contribution in [0.5, 0.6) is 0 Å². The number of amides is 1. The minimum Gasteiger partial charge on any atom is -0.366 e. The van der Waals surface area contributed by atoms with Crippen molar-refractivity contribution in [2.24, 2.45) is 5.73 Å². The molecule has 0 aromatic heterocycles. The van der Waals surface area contributed by atoms with Crippen LogP contribution in [0.4, 0.5) is 5.69 Å². The number of non-ortho nitro benzene ring substituents is 1. The van der Waals surface area contributed by atoms with Crippen LogP contribution in [0.2, 0.25) is 0 Å². The van der Waals surface area contributed by atoms with Crippen LogP contribution < -0.4 is 5.73 Å². The molecule has 7 heteroatoms. The second-order valence-electron chi connectivity index (χ2n) is 5.10. The van der Waals surface area contributed by atoms with Crippen molar-refractivity contribution in [2.45, 2.75) is 19.8 Å². The van der Waals surface area contributed by atoms with E-state index in [0.29, 0.717) is 11.1 Å². The first-order chi connectivity index (χ1) is 9.97. The van der Waals surface area contributed by atoms with Gasteiger partial charge in [-0.2, -0.15) is 0 Å². The van der Waals surface area contributed by atoms with E-state index in [1.54, 1.807) is 0 Å². The van der Waals surface area contributed by atoms with Crippen molar-refractivity contribution in [1.29, 1.82) is 0 Å². The van der Waals surface area contributed by atoms with Gasteiger partial charge in [0.2, 0.25) is 5.91 Å². The minimum absolute atomic E-state index is 0.00648. The lowest BCUT2D eigenvalue weighted by Crippen LogP contribution is -2.35. The number of nitro groups is 1. The summed E-state index contributed by atoms with van der Waals surface area (Å²) in [6.07, 6.45) is 0. The van der Waals surface area contributed by atoms with E-state index in [-0.39, 0.29) is 11.6 Å². The molecule has 2 N–H and O–H groups in total. The number of hydrazine groups is 1. The predicted molar refractivity (Wildman–Crippen MR) is 78.8 cm³/mol. The zero-order valence-electron chi connectivity index (χ0n) is 12.3. The molecule has 0 bridgehead atoms. The van der Waals surface area contributed by atoms with E-state index in [1.807, 2.05) is 0 Å². The number of nitrogens with zero attached hydrogens (tertiary/aromatic N) is 3. The van der Waals surface area contributed by atoms with E-state index in [1.165, 1.54) is 18.2 Å². The summed E-state index contributed by atoms with van der Waals surface area (Å²) in [6.45, 7) is 7.34. The van der Waals surface area contributed by atoms with E-state index >= 15 is 0 Å². The third-order valence-corrected chi connectivity index (χ3v) is 3.94.